The summed E-state index contributed by atoms with van der Waals surface area (Å²) in [5.74, 6) is 0.648. The van der Waals surface area contributed by atoms with Crippen molar-refractivity contribution in [2.24, 2.45) is 0 Å². The minimum atomic E-state index is -0.831. The van der Waals surface area contributed by atoms with Crippen LogP contribution in [0.1, 0.15) is 26.3 Å². The zero-order valence-electron chi connectivity index (χ0n) is 12.6. The van der Waals surface area contributed by atoms with Crippen LogP contribution in [-0.2, 0) is 17.3 Å². The van der Waals surface area contributed by atoms with Crippen LogP contribution < -0.4 is 5.32 Å². The number of aromatic nitrogens is 1. The highest BCUT2D eigenvalue weighted by Crippen LogP contribution is 2.22. The molecular formula is C16H21ClN2OS. The summed E-state index contributed by atoms with van der Waals surface area (Å²) in [4.78, 5) is 4.42. The molecule has 114 valence electrons. The van der Waals surface area contributed by atoms with Crippen molar-refractivity contribution in [1.29, 1.82) is 0 Å². The SMILES string of the molecule is CC(C)(C)[S@](=O)CCNCc1cc(Cl)cc2cccnc12. The molecule has 0 bridgehead atoms. The van der Waals surface area contributed by atoms with E-state index in [1.54, 1.807) is 6.20 Å². The lowest BCUT2D eigenvalue weighted by molar-refractivity contribution is 0.641. The molecule has 0 aliphatic heterocycles. The second-order valence-electron chi connectivity index (χ2n) is 5.98. The van der Waals surface area contributed by atoms with E-state index in [4.69, 9.17) is 11.6 Å². The molecule has 0 fully saturated rings. The summed E-state index contributed by atoms with van der Waals surface area (Å²) >= 11 is 6.14. The van der Waals surface area contributed by atoms with Gasteiger partial charge in [-0.1, -0.05) is 17.7 Å². The summed E-state index contributed by atoms with van der Waals surface area (Å²) < 4.78 is 11.8. The Morgan fingerprint density at radius 3 is 2.81 bits per heavy atom. The van der Waals surface area contributed by atoms with E-state index in [0.29, 0.717) is 23.9 Å². The van der Waals surface area contributed by atoms with E-state index in [1.807, 2.05) is 45.0 Å². The van der Waals surface area contributed by atoms with Gasteiger partial charge in [-0.05, 0) is 44.5 Å². The van der Waals surface area contributed by atoms with Gasteiger partial charge in [-0.25, -0.2) is 0 Å². The molecule has 0 unspecified atom stereocenters. The molecular weight excluding hydrogens is 304 g/mol. The Hall–Kier alpha value is -0.970. The molecule has 5 heteroatoms. The summed E-state index contributed by atoms with van der Waals surface area (Å²) in [6, 6.07) is 7.77. The van der Waals surface area contributed by atoms with Gasteiger partial charge in [0.25, 0.3) is 0 Å². The first-order chi connectivity index (χ1) is 9.88. The van der Waals surface area contributed by atoms with Crippen LogP contribution in [0.5, 0.6) is 0 Å². The number of hydrogen-bond acceptors (Lipinski definition) is 3. The van der Waals surface area contributed by atoms with Crippen LogP contribution in [0.25, 0.3) is 10.9 Å². The van der Waals surface area contributed by atoms with Crippen molar-refractivity contribution in [3.05, 3.63) is 41.0 Å². The molecule has 0 aliphatic rings. The maximum absolute atomic E-state index is 12.0. The Morgan fingerprint density at radius 2 is 2.10 bits per heavy atom. The fraction of sp³-hybridized carbons (Fsp3) is 0.438. The highest BCUT2D eigenvalue weighted by Gasteiger charge is 2.18. The molecule has 2 aromatic rings. The maximum Gasteiger partial charge on any atom is 0.0747 e. The molecule has 1 N–H and O–H groups in total. The topological polar surface area (TPSA) is 42.0 Å². The Balaban J connectivity index is 2.00. The molecule has 0 amide bonds. The first-order valence-corrected chi connectivity index (χ1v) is 8.70. The van der Waals surface area contributed by atoms with Crippen LogP contribution in [0.15, 0.2) is 30.5 Å². The summed E-state index contributed by atoms with van der Waals surface area (Å²) in [5, 5.41) is 5.09. The minimum absolute atomic E-state index is 0.161. The van der Waals surface area contributed by atoms with Crippen LogP contribution in [0.2, 0.25) is 5.02 Å². The molecule has 2 rings (SSSR count). The zero-order chi connectivity index (χ0) is 15.5. The van der Waals surface area contributed by atoms with Crippen molar-refractivity contribution in [2.45, 2.75) is 32.1 Å². The predicted molar refractivity (Wildman–Crippen MR) is 91.2 cm³/mol. The van der Waals surface area contributed by atoms with Gasteiger partial charge in [0.05, 0.1) is 5.52 Å². The van der Waals surface area contributed by atoms with E-state index in [1.165, 1.54) is 0 Å². The van der Waals surface area contributed by atoms with Crippen molar-refractivity contribution in [3.63, 3.8) is 0 Å². The van der Waals surface area contributed by atoms with Crippen molar-refractivity contribution in [3.8, 4) is 0 Å². The molecule has 1 heterocycles. The van der Waals surface area contributed by atoms with Crippen LogP contribution in [0.4, 0.5) is 0 Å². The summed E-state index contributed by atoms with van der Waals surface area (Å²) in [6.45, 7) is 7.38. The number of rotatable bonds is 5. The molecule has 0 spiro atoms. The number of nitrogens with zero attached hydrogens (tertiary/aromatic N) is 1. The number of nitrogens with one attached hydrogen (secondary N) is 1. The van der Waals surface area contributed by atoms with E-state index in [-0.39, 0.29) is 4.75 Å². The van der Waals surface area contributed by atoms with Gasteiger partial charge in [-0.15, -0.1) is 0 Å². The maximum atomic E-state index is 12.0. The second kappa shape index (κ2) is 6.86. The van der Waals surface area contributed by atoms with E-state index >= 15 is 0 Å². The largest absolute Gasteiger partial charge is 0.312 e. The van der Waals surface area contributed by atoms with Gasteiger partial charge < -0.3 is 5.32 Å². The quantitative estimate of drug-likeness (QED) is 0.856. The van der Waals surface area contributed by atoms with Gasteiger partial charge in [0.1, 0.15) is 0 Å². The lowest BCUT2D eigenvalue weighted by Crippen LogP contribution is -2.29. The van der Waals surface area contributed by atoms with E-state index in [9.17, 15) is 4.21 Å². The summed E-state index contributed by atoms with van der Waals surface area (Å²) in [7, 11) is -0.831. The van der Waals surface area contributed by atoms with Crippen molar-refractivity contribution >= 4 is 33.3 Å². The molecule has 0 saturated heterocycles. The molecule has 0 radical (unpaired) electrons. The van der Waals surface area contributed by atoms with Gasteiger partial charge in [-0.3, -0.25) is 9.19 Å². The third kappa shape index (κ3) is 4.50. The van der Waals surface area contributed by atoms with Crippen LogP contribution in [0.3, 0.4) is 0 Å². The van der Waals surface area contributed by atoms with Crippen molar-refractivity contribution in [2.75, 3.05) is 12.3 Å². The fourth-order valence-corrected chi connectivity index (χ4v) is 3.25. The number of fused-ring (bicyclic) bond motifs is 1. The number of benzene rings is 1. The third-order valence-corrected chi connectivity index (χ3v) is 5.37. The average Bonchev–Trinajstić information content (AvgIpc) is 2.41. The minimum Gasteiger partial charge on any atom is -0.312 e. The Bertz CT molecular complexity index is 652. The molecule has 1 aromatic heterocycles. The predicted octanol–water partition coefficient (Wildman–Crippen LogP) is 3.53. The third-order valence-electron chi connectivity index (χ3n) is 3.21. The zero-order valence-corrected chi connectivity index (χ0v) is 14.2. The number of pyridine rings is 1. The first-order valence-electron chi connectivity index (χ1n) is 7.00. The normalized spacial score (nSPS) is 13.5. The lowest BCUT2D eigenvalue weighted by Gasteiger charge is -2.17. The van der Waals surface area contributed by atoms with Crippen LogP contribution in [-0.4, -0.2) is 26.2 Å². The van der Waals surface area contributed by atoms with E-state index in [2.05, 4.69) is 10.3 Å². The Labute approximate surface area is 133 Å². The second-order valence-corrected chi connectivity index (χ2v) is 8.74. The van der Waals surface area contributed by atoms with Gasteiger partial charge in [0.15, 0.2) is 0 Å². The highest BCUT2D eigenvalue weighted by atomic mass is 35.5. The smallest absolute Gasteiger partial charge is 0.0747 e. The van der Waals surface area contributed by atoms with Gasteiger partial charge in [0, 0.05) is 51.0 Å². The van der Waals surface area contributed by atoms with E-state index < -0.39 is 10.8 Å². The molecule has 1 aromatic carbocycles. The standard InChI is InChI=1S/C16H21ClN2OS/c1-16(2,3)21(20)8-7-18-11-13-10-14(17)9-12-5-4-6-19-15(12)13/h4-6,9-10,18H,7-8,11H2,1-3H3/t21-/m1/s1. The molecule has 0 aliphatic carbocycles. The fourth-order valence-electron chi connectivity index (χ4n) is 2.06. The molecule has 1 atom stereocenters. The first kappa shape index (κ1) is 16.4. The Morgan fingerprint density at radius 1 is 1.33 bits per heavy atom. The van der Waals surface area contributed by atoms with Gasteiger partial charge in [-0.2, -0.15) is 0 Å². The monoisotopic (exact) mass is 324 g/mol. The van der Waals surface area contributed by atoms with Crippen LogP contribution >= 0.6 is 11.6 Å². The molecule has 21 heavy (non-hydrogen) atoms. The van der Waals surface area contributed by atoms with E-state index in [0.717, 1.165) is 16.5 Å². The van der Waals surface area contributed by atoms with Crippen molar-refractivity contribution < 1.29 is 4.21 Å². The molecule has 3 nitrogen and oxygen atoms in total. The summed E-state index contributed by atoms with van der Waals surface area (Å²) in [5.41, 5.74) is 2.03. The number of halogens is 1. The number of hydrogen-bond donors (Lipinski definition) is 1. The highest BCUT2D eigenvalue weighted by molar-refractivity contribution is 7.86. The van der Waals surface area contributed by atoms with Crippen LogP contribution in [0, 0.1) is 0 Å². The average molecular weight is 325 g/mol. The summed E-state index contributed by atoms with van der Waals surface area (Å²) in [6.07, 6.45) is 1.79. The van der Waals surface area contributed by atoms with Crippen molar-refractivity contribution in [1.82, 2.24) is 10.3 Å². The van der Waals surface area contributed by atoms with Gasteiger partial charge >= 0.3 is 0 Å². The lowest BCUT2D eigenvalue weighted by atomic mass is 10.1. The van der Waals surface area contributed by atoms with Gasteiger partial charge in [0.2, 0.25) is 0 Å². The molecule has 0 saturated carbocycles. The Kier molecular flexibility index (Phi) is 5.36.